The first kappa shape index (κ1) is 26.7. The van der Waals surface area contributed by atoms with Crippen molar-refractivity contribution in [3.05, 3.63) is 11.1 Å². The first-order valence-electron chi connectivity index (χ1n) is 9.07. The number of halogens is 1. The minimum atomic E-state index is -0.518. The quantitative estimate of drug-likeness (QED) is 0.288. The fourth-order valence-electron chi connectivity index (χ4n) is 2.10. The van der Waals surface area contributed by atoms with E-state index in [0.717, 1.165) is 10.8 Å². The summed E-state index contributed by atoms with van der Waals surface area (Å²) < 4.78 is 5.34. The van der Waals surface area contributed by atoms with Crippen molar-refractivity contribution in [1.82, 2.24) is 20.9 Å². The molecule has 1 atom stereocenters. The molecular weight excluding hydrogens is 491 g/mol. The highest BCUT2D eigenvalue weighted by atomic mass is 127. The van der Waals surface area contributed by atoms with Crippen LogP contribution in [0.15, 0.2) is 10.4 Å². The molecule has 0 saturated heterocycles. The number of hydrogen-bond acceptors (Lipinski definition) is 6. The van der Waals surface area contributed by atoms with Gasteiger partial charge in [-0.25, -0.2) is 9.78 Å². The van der Waals surface area contributed by atoms with E-state index in [0.29, 0.717) is 19.0 Å². The maximum atomic E-state index is 12.0. The van der Waals surface area contributed by atoms with Gasteiger partial charge in [0.05, 0.1) is 18.3 Å². The zero-order chi connectivity index (χ0) is 20.6. The summed E-state index contributed by atoms with van der Waals surface area (Å²) in [6.45, 7) is 10.8. The van der Waals surface area contributed by atoms with Crippen molar-refractivity contribution < 1.29 is 9.53 Å². The van der Waals surface area contributed by atoms with Crippen LogP contribution in [0.4, 0.5) is 9.93 Å². The van der Waals surface area contributed by atoms with Crippen molar-refractivity contribution >= 4 is 52.5 Å². The normalized spacial score (nSPS) is 12.8. The molecule has 0 radical (unpaired) electrons. The van der Waals surface area contributed by atoms with Crippen LogP contribution in [0.25, 0.3) is 0 Å². The second-order valence-electron chi connectivity index (χ2n) is 7.82. The number of carbonyl (C=O) groups is 1. The highest BCUT2D eigenvalue weighted by Gasteiger charge is 2.21. The van der Waals surface area contributed by atoms with Gasteiger partial charge in [-0.2, -0.15) is 0 Å². The van der Waals surface area contributed by atoms with Gasteiger partial charge < -0.3 is 25.6 Å². The van der Waals surface area contributed by atoms with E-state index >= 15 is 0 Å². The molecule has 1 unspecified atom stereocenters. The van der Waals surface area contributed by atoms with Gasteiger partial charge in [0.2, 0.25) is 0 Å². The Morgan fingerprint density at radius 1 is 1.32 bits per heavy atom. The number of guanidine groups is 1. The number of aromatic nitrogens is 1. The van der Waals surface area contributed by atoms with Crippen LogP contribution in [-0.2, 0) is 11.3 Å². The first-order valence-corrected chi connectivity index (χ1v) is 9.95. The highest BCUT2D eigenvalue weighted by Crippen LogP contribution is 2.17. The van der Waals surface area contributed by atoms with Crippen LogP contribution < -0.4 is 20.9 Å². The van der Waals surface area contributed by atoms with Crippen LogP contribution in [0.5, 0.6) is 0 Å². The molecule has 0 aliphatic rings. The number of ether oxygens (including phenoxy) is 1. The van der Waals surface area contributed by atoms with Crippen molar-refractivity contribution in [3.63, 3.8) is 0 Å². The summed E-state index contributed by atoms with van der Waals surface area (Å²) in [5.41, 5.74) is 0.439. The fourth-order valence-corrected chi connectivity index (χ4v) is 2.86. The SMILES string of the molecule is CN=C(NCc1csc(N(C)C)n1)NCC(NC(=O)OC(C)(C)C)C(C)C.I. The van der Waals surface area contributed by atoms with Gasteiger partial charge in [-0.3, -0.25) is 4.99 Å². The van der Waals surface area contributed by atoms with Crippen molar-refractivity contribution in [1.29, 1.82) is 0 Å². The molecule has 0 bridgehead atoms. The molecule has 3 N–H and O–H groups in total. The summed E-state index contributed by atoms with van der Waals surface area (Å²) in [7, 11) is 5.66. The molecule has 8 nitrogen and oxygen atoms in total. The Morgan fingerprint density at radius 2 is 1.96 bits per heavy atom. The molecule has 1 aromatic rings. The summed E-state index contributed by atoms with van der Waals surface area (Å²) >= 11 is 1.60. The summed E-state index contributed by atoms with van der Waals surface area (Å²) in [6, 6.07) is -0.0852. The van der Waals surface area contributed by atoms with Crippen molar-refractivity contribution in [2.45, 2.75) is 52.8 Å². The number of aliphatic imine (C=N–C) groups is 1. The lowest BCUT2D eigenvalue weighted by atomic mass is 10.0. The van der Waals surface area contributed by atoms with E-state index in [1.807, 2.05) is 45.1 Å². The molecule has 0 spiro atoms. The van der Waals surface area contributed by atoms with E-state index in [2.05, 4.69) is 39.8 Å². The predicted molar refractivity (Wildman–Crippen MR) is 128 cm³/mol. The number of carbonyl (C=O) groups excluding carboxylic acids is 1. The molecular formula is C18H35IN6O2S. The van der Waals surface area contributed by atoms with Crippen LogP contribution in [0.1, 0.15) is 40.3 Å². The summed E-state index contributed by atoms with van der Waals surface area (Å²) in [5.74, 6) is 0.898. The van der Waals surface area contributed by atoms with Crippen molar-refractivity contribution in [3.8, 4) is 0 Å². The Labute approximate surface area is 189 Å². The smallest absolute Gasteiger partial charge is 0.407 e. The van der Waals surface area contributed by atoms with Gasteiger partial charge in [-0.1, -0.05) is 13.8 Å². The van der Waals surface area contributed by atoms with Crippen molar-refractivity contribution in [2.75, 3.05) is 32.6 Å². The van der Waals surface area contributed by atoms with Gasteiger partial charge in [0.25, 0.3) is 0 Å². The summed E-state index contributed by atoms with van der Waals surface area (Å²) in [4.78, 5) is 22.8. The number of nitrogens with zero attached hydrogens (tertiary/aromatic N) is 3. The number of nitrogens with one attached hydrogen (secondary N) is 3. The van der Waals surface area contributed by atoms with Crippen LogP contribution in [0.3, 0.4) is 0 Å². The lowest BCUT2D eigenvalue weighted by Crippen LogP contribution is -2.50. The average molecular weight is 526 g/mol. The molecule has 0 aliphatic heterocycles. The third-order valence-corrected chi connectivity index (χ3v) is 4.64. The molecule has 0 aliphatic carbocycles. The Balaban J connectivity index is 0.00000729. The fraction of sp³-hybridized carbons (Fsp3) is 0.722. The Hall–Kier alpha value is -1.30. The lowest BCUT2D eigenvalue weighted by molar-refractivity contribution is 0.0491. The number of rotatable bonds is 7. The standard InChI is InChI=1S/C18H34N6O2S.HI/c1-12(2)14(23-17(25)26-18(3,4)5)10-21-15(19-6)20-9-13-11-27-16(22-13)24(7)8;/h11-12,14H,9-10H2,1-8H3,(H,23,25)(H2,19,20,21);1H. The van der Waals surface area contributed by atoms with E-state index in [1.165, 1.54) is 0 Å². The molecule has 1 amide bonds. The monoisotopic (exact) mass is 526 g/mol. The molecule has 1 rings (SSSR count). The zero-order valence-corrected chi connectivity index (χ0v) is 21.3. The Bertz CT molecular complexity index is 628. The third kappa shape index (κ3) is 10.3. The van der Waals surface area contributed by atoms with Crippen molar-refractivity contribution in [2.24, 2.45) is 10.9 Å². The molecule has 1 heterocycles. The largest absolute Gasteiger partial charge is 0.444 e. The zero-order valence-electron chi connectivity index (χ0n) is 18.1. The van der Waals surface area contributed by atoms with Gasteiger partial charge in [0.1, 0.15) is 5.60 Å². The Kier molecular flexibility index (Phi) is 11.7. The second kappa shape index (κ2) is 12.3. The topological polar surface area (TPSA) is 90.9 Å². The highest BCUT2D eigenvalue weighted by molar-refractivity contribution is 14.0. The van der Waals surface area contributed by atoms with Crippen LogP contribution >= 0.6 is 35.3 Å². The second-order valence-corrected chi connectivity index (χ2v) is 8.66. The van der Waals surface area contributed by atoms with E-state index < -0.39 is 11.7 Å². The van der Waals surface area contributed by atoms with Crippen LogP contribution in [-0.4, -0.2) is 56.4 Å². The van der Waals surface area contributed by atoms with E-state index in [-0.39, 0.29) is 35.9 Å². The predicted octanol–water partition coefficient (Wildman–Crippen LogP) is 3.04. The summed E-state index contributed by atoms with van der Waals surface area (Å²) in [5, 5.41) is 12.4. The molecule has 162 valence electrons. The maximum absolute atomic E-state index is 12.0. The number of thiazole rings is 1. The number of anilines is 1. The molecule has 1 aromatic heterocycles. The molecule has 0 aromatic carbocycles. The lowest BCUT2D eigenvalue weighted by Gasteiger charge is -2.26. The van der Waals surface area contributed by atoms with E-state index in [1.54, 1.807) is 18.4 Å². The number of hydrogen-bond donors (Lipinski definition) is 3. The molecule has 28 heavy (non-hydrogen) atoms. The van der Waals surface area contributed by atoms with Gasteiger partial charge in [-0.05, 0) is 26.7 Å². The molecule has 0 saturated carbocycles. The van der Waals surface area contributed by atoms with E-state index in [9.17, 15) is 4.79 Å². The van der Waals surface area contributed by atoms with Gasteiger partial charge in [-0.15, -0.1) is 35.3 Å². The average Bonchev–Trinajstić information content (AvgIpc) is 3.01. The Morgan fingerprint density at radius 3 is 2.43 bits per heavy atom. The van der Waals surface area contributed by atoms with Crippen LogP contribution in [0.2, 0.25) is 0 Å². The number of amides is 1. The minimum Gasteiger partial charge on any atom is -0.444 e. The van der Waals surface area contributed by atoms with Gasteiger partial charge in [0, 0.05) is 33.1 Å². The van der Waals surface area contributed by atoms with Crippen LogP contribution in [0, 0.1) is 5.92 Å². The first-order chi connectivity index (χ1) is 12.5. The summed E-state index contributed by atoms with van der Waals surface area (Å²) in [6.07, 6.45) is -0.412. The maximum Gasteiger partial charge on any atom is 0.407 e. The number of alkyl carbamates (subject to hydrolysis) is 1. The van der Waals surface area contributed by atoms with E-state index in [4.69, 9.17) is 4.74 Å². The minimum absolute atomic E-state index is 0. The third-order valence-electron chi connectivity index (χ3n) is 3.58. The van der Waals surface area contributed by atoms with Gasteiger partial charge >= 0.3 is 6.09 Å². The molecule has 10 heteroatoms. The van der Waals surface area contributed by atoms with Gasteiger partial charge in [0.15, 0.2) is 11.1 Å². The molecule has 0 fully saturated rings.